The van der Waals surface area contributed by atoms with Crippen LogP contribution < -0.4 is 5.73 Å². The SMILES string of the molecule is CC(C)C(=S)/C=C/N. The Labute approximate surface area is 55.6 Å². The lowest BCUT2D eigenvalue weighted by atomic mass is 10.1. The lowest BCUT2D eigenvalue weighted by Crippen LogP contribution is -1.99. The van der Waals surface area contributed by atoms with Crippen LogP contribution in [-0.2, 0) is 0 Å². The molecule has 46 valence electrons. The summed E-state index contributed by atoms with van der Waals surface area (Å²) in [5.41, 5.74) is 5.10. The molecular formula is C6H11NS. The monoisotopic (exact) mass is 129 g/mol. The highest BCUT2D eigenvalue weighted by Gasteiger charge is 1.94. The normalized spacial score (nSPS) is 10.9. The molecule has 2 N–H and O–H groups in total. The molecule has 0 rings (SSSR count). The first-order chi connectivity index (χ1) is 3.68. The van der Waals surface area contributed by atoms with E-state index in [9.17, 15) is 0 Å². The van der Waals surface area contributed by atoms with E-state index in [1.54, 1.807) is 6.08 Å². The maximum atomic E-state index is 5.10. The van der Waals surface area contributed by atoms with Crippen LogP contribution in [0, 0.1) is 5.92 Å². The van der Waals surface area contributed by atoms with Gasteiger partial charge in [-0.25, -0.2) is 0 Å². The second kappa shape index (κ2) is 3.61. The van der Waals surface area contributed by atoms with Crippen molar-refractivity contribution in [3.05, 3.63) is 12.3 Å². The van der Waals surface area contributed by atoms with Crippen molar-refractivity contribution in [1.29, 1.82) is 0 Å². The number of hydrogen-bond acceptors (Lipinski definition) is 2. The highest BCUT2D eigenvalue weighted by molar-refractivity contribution is 7.80. The summed E-state index contributed by atoms with van der Waals surface area (Å²) < 4.78 is 0. The van der Waals surface area contributed by atoms with Gasteiger partial charge in [-0.1, -0.05) is 26.1 Å². The fourth-order valence-electron chi connectivity index (χ4n) is 0.287. The first-order valence-corrected chi connectivity index (χ1v) is 3.01. The van der Waals surface area contributed by atoms with Crippen molar-refractivity contribution < 1.29 is 0 Å². The zero-order chi connectivity index (χ0) is 6.57. The molecule has 0 fully saturated rings. The lowest BCUT2D eigenvalue weighted by molar-refractivity contribution is 0.905. The highest BCUT2D eigenvalue weighted by atomic mass is 32.1. The molecule has 0 unspecified atom stereocenters. The van der Waals surface area contributed by atoms with E-state index < -0.39 is 0 Å². The molecule has 0 aliphatic carbocycles. The van der Waals surface area contributed by atoms with E-state index in [1.807, 2.05) is 13.8 Å². The summed E-state index contributed by atoms with van der Waals surface area (Å²) in [5.74, 6) is 0.435. The summed E-state index contributed by atoms with van der Waals surface area (Å²) in [6.45, 7) is 4.09. The molecule has 0 spiro atoms. The highest BCUT2D eigenvalue weighted by Crippen LogP contribution is 1.96. The number of nitrogens with two attached hydrogens (primary N) is 1. The third-order valence-corrected chi connectivity index (χ3v) is 1.44. The molecule has 8 heavy (non-hydrogen) atoms. The van der Waals surface area contributed by atoms with Crippen LogP contribution in [0.4, 0.5) is 0 Å². The Balaban J connectivity index is 3.66. The number of thiocarbonyl (C=S) groups is 1. The summed E-state index contributed by atoms with van der Waals surface area (Å²) in [5, 5.41) is 0. The molecule has 0 amide bonds. The van der Waals surface area contributed by atoms with Crippen molar-refractivity contribution in [3.8, 4) is 0 Å². The topological polar surface area (TPSA) is 26.0 Å². The average Bonchev–Trinajstić information content (AvgIpc) is 1.67. The van der Waals surface area contributed by atoms with E-state index in [4.69, 9.17) is 18.0 Å². The van der Waals surface area contributed by atoms with Gasteiger partial charge in [0.25, 0.3) is 0 Å². The second-order valence-electron chi connectivity index (χ2n) is 1.92. The van der Waals surface area contributed by atoms with E-state index >= 15 is 0 Å². The first kappa shape index (κ1) is 7.63. The van der Waals surface area contributed by atoms with Crippen LogP contribution in [0.5, 0.6) is 0 Å². The molecule has 2 heteroatoms. The molecule has 0 saturated carbocycles. The van der Waals surface area contributed by atoms with Gasteiger partial charge in [-0.2, -0.15) is 0 Å². The molecule has 0 aromatic rings. The molecule has 0 aliphatic heterocycles. The molecule has 0 atom stereocenters. The van der Waals surface area contributed by atoms with Crippen molar-refractivity contribution in [2.24, 2.45) is 11.7 Å². The second-order valence-corrected chi connectivity index (χ2v) is 2.39. The third-order valence-electron chi connectivity index (χ3n) is 0.830. The quantitative estimate of drug-likeness (QED) is 0.451. The summed E-state index contributed by atoms with van der Waals surface area (Å²) in [6, 6.07) is 0. The smallest absolute Gasteiger partial charge is 0.0191 e. The van der Waals surface area contributed by atoms with Gasteiger partial charge in [0.05, 0.1) is 0 Å². The largest absolute Gasteiger partial charge is 0.405 e. The molecule has 0 radical (unpaired) electrons. The zero-order valence-electron chi connectivity index (χ0n) is 5.22. The van der Waals surface area contributed by atoms with Crippen molar-refractivity contribution in [1.82, 2.24) is 0 Å². The van der Waals surface area contributed by atoms with E-state index in [2.05, 4.69) is 0 Å². The number of rotatable bonds is 2. The average molecular weight is 129 g/mol. The lowest BCUT2D eigenvalue weighted by Gasteiger charge is -1.97. The van der Waals surface area contributed by atoms with Crippen LogP contribution >= 0.6 is 12.2 Å². The summed E-state index contributed by atoms with van der Waals surface area (Å²) in [4.78, 5) is 0.910. The summed E-state index contributed by atoms with van der Waals surface area (Å²) >= 11 is 4.91. The minimum atomic E-state index is 0.435. The van der Waals surface area contributed by atoms with Gasteiger partial charge in [-0.3, -0.25) is 0 Å². The van der Waals surface area contributed by atoms with Crippen molar-refractivity contribution in [3.63, 3.8) is 0 Å². The molecule has 0 aromatic carbocycles. The predicted octanol–water partition coefficient (Wildman–Crippen LogP) is 1.48. The maximum absolute atomic E-state index is 5.10. The van der Waals surface area contributed by atoms with Gasteiger partial charge >= 0.3 is 0 Å². The van der Waals surface area contributed by atoms with Crippen LogP contribution in [0.1, 0.15) is 13.8 Å². The number of hydrogen-bond donors (Lipinski definition) is 1. The van der Waals surface area contributed by atoms with Gasteiger partial charge < -0.3 is 5.73 Å². The van der Waals surface area contributed by atoms with Crippen LogP contribution in [0.15, 0.2) is 12.3 Å². The molecule has 0 aliphatic rings. The third kappa shape index (κ3) is 2.75. The Hall–Kier alpha value is -0.370. The van der Waals surface area contributed by atoms with Crippen molar-refractivity contribution >= 4 is 17.1 Å². The molecule has 0 bridgehead atoms. The molecule has 0 aromatic heterocycles. The minimum Gasteiger partial charge on any atom is -0.405 e. The van der Waals surface area contributed by atoms with Gasteiger partial charge in [0.15, 0.2) is 0 Å². The fourth-order valence-corrected chi connectivity index (χ4v) is 0.366. The Morgan fingerprint density at radius 3 is 2.25 bits per heavy atom. The minimum absolute atomic E-state index is 0.435. The van der Waals surface area contributed by atoms with E-state index in [1.165, 1.54) is 6.20 Å². The van der Waals surface area contributed by atoms with Crippen LogP contribution in [0.3, 0.4) is 0 Å². The molecular weight excluding hydrogens is 118 g/mol. The van der Waals surface area contributed by atoms with Gasteiger partial charge in [-0.15, -0.1) is 0 Å². The molecule has 1 nitrogen and oxygen atoms in total. The Morgan fingerprint density at radius 2 is 2.12 bits per heavy atom. The fraction of sp³-hybridized carbons (Fsp3) is 0.500. The van der Waals surface area contributed by atoms with E-state index in [0.717, 1.165) is 4.86 Å². The van der Waals surface area contributed by atoms with E-state index in [0.29, 0.717) is 5.92 Å². The van der Waals surface area contributed by atoms with Crippen LogP contribution in [0.2, 0.25) is 0 Å². The summed E-state index contributed by atoms with van der Waals surface area (Å²) in [7, 11) is 0. The van der Waals surface area contributed by atoms with Crippen molar-refractivity contribution in [2.75, 3.05) is 0 Å². The Bertz CT molecular complexity index is 105. The molecule has 0 saturated heterocycles. The number of allylic oxidation sites excluding steroid dienone is 1. The predicted molar refractivity (Wildman–Crippen MR) is 40.8 cm³/mol. The van der Waals surface area contributed by atoms with Gasteiger partial charge in [0.1, 0.15) is 0 Å². The first-order valence-electron chi connectivity index (χ1n) is 2.60. The van der Waals surface area contributed by atoms with E-state index in [-0.39, 0.29) is 0 Å². The van der Waals surface area contributed by atoms with Crippen LogP contribution in [-0.4, -0.2) is 4.86 Å². The summed E-state index contributed by atoms with van der Waals surface area (Å²) in [6.07, 6.45) is 3.22. The Kier molecular flexibility index (Phi) is 3.44. The van der Waals surface area contributed by atoms with Gasteiger partial charge in [0, 0.05) is 4.86 Å². The zero-order valence-corrected chi connectivity index (χ0v) is 6.03. The molecule has 0 heterocycles. The van der Waals surface area contributed by atoms with Crippen molar-refractivity contribution in [2.45, 2.75) is 13.8 Å². The van der Waals surface area contributed by atoms with Gasteiger partial charge in [-0.05, 0) is 18.2 Å². The maximum Gasteiger partial charge on any atom is 0.0191 e. The Morgan fingerprint density at radius 1 is 1.62 bits per heavy atom. The standard InChI is InChI=1S/C6H11NS/c1-5(2)6(8)3-4-7/h3-5H,7H2,1-2H3/b4-3+. The van der Waals surface area contributed by atoms with Gasteiger partial charge in [0.2, 0.25) is 0 Å². The van der Waals surface area contributed by atoms with Crippen LogP contribution in [0.25, 0.3) is 0 Å².